The number of hydrogen-bond acceptors (Lipinski definition) is 5. The summed E-state index contributed by atoms with van der Waals surface area (Å²) in [6.45, 7) is 4.32. The predicted molar refractivity (Wildman–Crippen MR) is 67.9 cm³/mol. The van der Waals surface area contributed by atoms with Gasteiger partial charge < -0.3 is 14.9 Å². The first-order chi connectivity index (χ1) is 8.50. The van der Waals surface area contributed by atoms with Crippen LogP contribution in [0.15, 0.2) is 10.6 Å². The number of carboxylic acids is 1. The van der Waals surface area contributed by atoms with Crippen LogP contribution >= 0.6 is 11.8 Å². The van der Waals surface area contributed by atoms with Gasteiger partial charge in [-0.2, -0.15) is 0 Å². The van der Waals surface area contributed by atoms with Crippen LogP contribution in [0.2, 0.25) is 0 Å². The van der Waals surface area contributed by atoms with Gasteiger partial charge in [0.05, 0.1) is 11.4 Å². The molecule has 100 valence electrons. The molecule has 0 aromatic carbocycles. The van der Waals surface area contributed by atoms with Crippen molar-refractivity contribution in [3.8, 4) is 0 Å². The summed E-state index contributed by atoms with van der Waals surface area (Å²) in [5, 5.41) is 14.8. The topological polar surface area (TPSA) is 92.4 Å². The Labute approximate surface area is 109 Å². The summed E-state index contributed by atoms with van der Waals surface area (Å²) >= 11 is 1.25. The highest BCUT2D eigenvalue weighted by atomic mass is 32.2. The van der Waals surface area contributed by atoms with Gasteiger partial charge in [-0.3, -0.25) is 9.59 Å². The smallest absolute Gasteiger partial charge is 0.313 e. The van der Waals surface area contributed by atoms with Crippen LogP contribution in [0.5, 0.6) is 0 Å². The van der Waals surface area contributed by atoms with E-state index in [2.05, 4.69) is 10.5 Å². The van der Waals surface area contributed by atoms with Gasteiger partial charge >= 0.3 is 5.97 Å². The van der Waals surface area contributed by atoms with E-state index in [4.69, 9.17) is 9.63 Å². The Hall–Kier alpha value is -1.50. The fraction of sp³-hybridized carbons (Fsp3) is 0.545. The molecule has 0 atom stereocenters. The second-order valence-corrected chi connectivity index (χ2v) is 5.08. The van der Waals surface area contributed by atoms with Gasteiger partial charge in [0, 0.05) is 18.4 Å². The summed E-state index contributed by atoms with van der Waals surface area (Å²) in [4.78, 5) is 21.9. The van der Waals surface area contributed by atoms with Crippen LogP contribution in [0.25, 0.3) is 0 Å². The number of nitrogens with zero attached hydrogens (tertiary/aromatic N) is 1. The molecule has 1 aromatic rings. The molecule has 1 amide bonds. The van der Waals surface area contributed by atoms with Crippen molar-refractivity contribution in [3.63, 3.8) is 0 Å². The summed E-state index contributed by atoms with van der Waals surface area (Å²) in [6.07, 6.45) is 0. The van der Waals surface area contributed by atoms with E-state index in [0.717, 1.165) is 5.69 Å². The van der Waals surface area contributed by atoms with Gasteiger partial charge in [0.15, 0.2) is 0 Å². The van der Waals surface area contributed by atoms with Crippen molar-refractivity contribution in [2.24, 2.45) is 0 Å². The fourth-order valence-electron chi connectivity index (χ4n) is 1.15. The lowest BCUT2D eigenvalue weighted by Gasteiger charge is -2.01. The second-order valence-electron chi connectivity index (χ2n) is 3.97. The summed E-state index contributed by atoms with van der Waals surface area (Å²) in [7, 11) is 0. The first-order valence-corrected chi connectivity index (χ1v) is 6.70. The van der Waals surface area contributed by atoms with Crippen LogP contribution in [0.1, 0.15) is 36.0 Å². The van der Waals surface area contributed by atoms with E-state index in [1.54, 1.807) is 6.07 Å². The molecule has 0 fully saturated rings. The quantitative estimate of drug-likeness (QED) is 0.728. The minimum Gasteiger partial charge on any atom is -0.481 e. The monoisotopic (exact) mass is 272 g/mol. The van der Waals surface area contributed by atoms with Crippen LogP contribution in [0, 0.1) is 0 Å². The lowest BCUT2D eigenvalue weighted by molar-refractivity contribution is -0.133. The lowest BCUT2D eigenvalue weighted by atomic mass is 10.1. The first-order valence-electron chi connectivity index (χ1n) is 5.55. The number of carbonyl (C=O) groups excluding carboxylic acids is 1. The van der Waals surface area contributed by atoms with Crippen molar-refractivity contribution >= 4 is 23.6 Å². The highest BCUT2D eigenvalue weighted by Crippen LogP contribution is 2.13. The van der Waals surface area contributed by atoms with E-state index in [1.807, 2.05) is 13.8 Å². The van der Waals surface area contributed by atoms with E-state index < -0.39 is 5.97 Å². The molecule has 1 rings (SSSR count). The number of aliphatic carboxylic acids is 1. The van der Waals surface area contributed by atoms with Gasteiger partial charge in [0.2, 0.25) is 5.76 Å². The zero-order valence-electron chi connectivity index (χ0n) is 10.3. The van der Waals surface area contributed by atoms with Crippen molar-refractivity contribution in [1.82, 2.24) is 10.5 Å². The number of hydrogen-bond donors (Lipinski definition) is 2. The molecule has 0 radical (unpaired) electrons. The number of carbonyl (C=O) groups is 2. The standard InChI is InChI=1S/C11H16N2O4S/c1-7(2)8-5-9(17-13-8)11(16)12-3-4-18-6-10(14)15/h5,7H,3-4,6H2,1-2H3,(H,12,16)(H,14,15). The highest BCUT2D eigenvalue weighted by molar-refractivity contribution is 7.99. The van der Waals surface area contributed by atoms with Crippen molar-refractivity contribution in [3.05, 3.63) is 17.5 Å². The Kier molecular flexibility index (Phi) is 5.70. The van der Waals surface area contributed by atoms with Crippen molar-refractivity contribution in [2.45, 2.75) is 19.8 Å². The average molecular weight is 272 g/mol. The van der Waals surface area contributed by atoms with E-state index in [1.165, 1.54) is 11.8 Å². The Morgan fingerprint density at radius 2 is 2.28 bits per heavy atom. The number of thioether (sulfide) groups is 1. The second kappa shape index (κ2) is 7.05. The van der Waals surface area contributed by atoms with Gasteiger partial charge in [0.1, 0.15) is 0 Å². The van der Waals surface area contributed by atoms with Crippen LogP contribution in [-0.2, 0) is 4.79 Å². The maximum atomic E-state index is 11.6. The third-order valence-corrected chi connectivity index (χ3v) is 3.05. The molecule has 6 nitrogen and oxygen atoms in total. The Balaban J connectivity index is 2.29. The van der Waals surface area contributed by atoms with Crippen molar-refractivity contribution in [1.29, 1.82) is 0 Å². The SMILES string of the molecule is CC(C)c1cc(C(=O)NCCSCC(=O)O)on1. The van der Waals surface area contributed by atoms with Gasteiger partial charge in [-0.25, -0.2) is 0 Å². The molecular weight excluding hydrogens is 256 g/mol. The molecule has 0 bridgehead atoms. The third-order valence-electron chi connectivity index (χ3n) is 2.10. The van der Waals surface area contributed by atoms with Gasteiger partial charge in [0.25, 0.3) is 5.91 Å². The summed E-state index contributed by atoms with van der Waals surface area (Å²) in [6, 6.07) is 1.62. The molecular formula is C11H16N2O4S. The normalized spacial score (nSPS) is 10.6. The largest absolute Gasteiger partial charge is 0.481 e. The molecule has 18 heavy (non-hydrogen) atoms. The molecule has 0 saturated heterocycles. The fourth-order valence-corrected chi connectivity index (χ4v) is 1.72. The molecule has 0 aliphatic rings. The lowest BCUT2D eigenvalue weighted by Crippen LogP contribution is -2.25. The average Bonchev–Trinajstić information content (AvgIpc) is 2.77. The van der Waals surface area contributed by atoms with E-state index in [9.17, 15) is 9.59 Å². The van der Waals surface area contributed by atoms with Crippen LogP contribution in [-0.4, -0.2) is 40.2 Å². The van der Waals surface area contributed by atoms with Crippen molar-refractivity contribution < 1.29 is 19.2 Å². The zero-order chi connectivity index (χ0) is 13.5. The number of amides is 1. The number of aromatic nitrogens is 1. The van der Waals surface area contributed by atoms with E-state index >= 15 is 0 Å². The van der Waals surface area contributed by atoms with E-state index in [0.29, 0.717) is 12.3 Å². The Morgan fingerprint density at radius 3 is 2.83 bits per heavy atom. The highest BCUT2D eigenvalue weighted by Gasteiger charge is 2.13. The summed E-state index contributed by atoms with van der Waals surface area (Å²) < 4.78 is 4.92. The minimum absolute atomic E-state index is 0.0374. The molecule has 2 N–H and O–H groups in total. The predicted octanol–water partition coefficient (Wildman–Crippen LogP) is 1.35. The molecule has 1 heterocycles. The maximum absolute atomic E-state index is 11.6. The minimum atomic E-state index is -0.858. The number of nitrogens with one attached hydrogen (secondary N) is 1. The number of rotatable bonds is 7. The van der Waals surface area contributed by atoms with Crippen molar-refractivity contribution in [2.75, 3.05) is 18.1 Å². The third kappa shape index (κ3) is 4.79. The van der Waals surface area contributed by atoms with Crippen LogP contribution < -0.4 is 5.32 Å². The Bertz CT molecular complexity index is 417. The maximum Gasteiger partial charge on any atom is 0.313 e. The summed E-state index contributed by atoms with van der Waals surface area (Å²) in [5.74, 6) is -0.212. The molecule has 7 heteroatoms. The molecule has 0 aliphatic heterocycles. The molecule has 0 spiro atoms. The van der Waals surface area contributed by atoms with Gasteiger partial charge in [-0.05, 0) is 5.92 Å². The molecule has 0 unspecified atom stereocenters. The van der Waals surface area contributed by atoms with Gasteiger partial charge in [-0.15, -0.1) is 11.8 Å². The van der Waals surface area contributed by atoms with Crippen LogP contribution in [0.3, 0.4) is 0 Å². The summed E-state index contributed by atoms with van der Waals surface area (Å²) in [5.41, 5.74) is 0.736. The first kappa shape index (κ1) is 14.6. The molecule has 0 aliphatic carbocycles. The molecule has 1 aromatic heterocycles. The Morgan fingerprint density at radius 1 is 1.56 bits per heavy atom. The van der Waals surface area contributed by atoms with Gasteiger partial charge in [-0.1, -0.05) is 19.0 Å². The number of carboxylic acid groups (broad SMARTS) is 1. The molecule has 0 saturated carbocycles. The zero-order valence-corrected chi connectivity index (χ0v) is 11.1. The van der Waals surface area contributed by atoms with Crippen LogP contribution in [0.4, 0.5) is 0 Å². The van der Waals surface area contributed by atoms with E-state index in [-0.39, 0.29) is 23.3 Å².